The summed E-state index contributed by atoms with van der Waals surface area (Å²) in [6.07, 6.45) is 0. The molecular weight excluding hydrogens is 204 g/mol. The SMILES string of the molecule is COc1cc(OC)c(C(C)(C)C)cc1[N+]#N. The van der Waals surface area contributed by atoms with Gasteiger partial charge in [-0.2, -0.15) is 0 Å². The summed E-state index contributed by atoms with van der Waals surface area (Å²) in [5, 5.41) is 8.91. The van der Waals surface area contributed by atoms with Gasteiger partial charge in [0.1, 0.15) is 5.75 Å². The van der Waals surface area contributed by atoms with Crippen molar-refractivity contribution in [1.82, 2.24) is 0 Å². The topological polar surface area (TPSA) is 46.6 Å². The summed E-state index contributed by atoms with van der Waals surface area (Å²) in [4.78, 5) is 3.21. The van der Waals surface area contributed by atoms with E-state index >= 15 is 0 Å². The van der Waals surface area contributed by atoms with Gasteiger partial charge in [-0.05, 0) is 5.41 Å². The number of ether oxygens (including phenoxy) is 2. The quantitative estimate of drug-likeness (QED) is 0.718. The highest BCUT2D eigenvalue weighted by Gasteiger charge is 2.26. The second-order valence-electron chi connectivity index (χ2n) is 4.57. The molecule has 0 fully saturated rings. The second-order valence-corrected chi connectivity index (χ2v) is 4.57. The van der Waals surface area contributed by atoms with Gasteiger partial charge in [0.25, 0.3) is 0 Å². The zero-order chi connectivity index (χ0) is 12.3. The Labute approximate surface area is 95.8 Å². The molecule has 0 spiro atoms. The summed E-state index contributed by atoms with van der Waals surface area (Å²) in [5.41, 5.74) is 1.30. The Hall–Kier alpha value is -1.76. The van der Waals surface area contributed by atoms with E-state index in [9.17, 15) is 0 Å². The van der Waals surface area contributed by atoms with Crippen LogP contribution in [0, 0.1) is 5.39 Å². The molecule has 0 aliphatic rings. The molecule has 0 radical (unpaired) electrons. The number of methoxy groups -OCH3 is 2. The van der Waals surface area contributed by atoms with Gasteiger partial charge in [0, 0.05) is 17.7 Å². The van der Waals surface area contributed by atoms with Crippen LogP contribution in [0.3, 0.4) is 0 Å². The molecule has 0 bridgehead atoms. The van der Waals surface area contributed by atoms with Crippen molar-refractivity contribution < 1.29 is 9.47 Å². The standard InChI is InChI=1S/C12H17N2O2/c1-12(2,3)8-6-9(14-13)11(16-5)7-10(8)15-4/h6-7H,1-5H3/q+1. The van der Waals surface area contributed by atoms with E-state index in [-0.39, 0.29) is 5.41 Å². The molecule has 0 unspecified atom stereocenters. The van der Waals surface area contributed by atoms with Crippen LogP contribution in [-0.2, 0) is 5.41 Å². The van der Waals surface area contributed by atoms with Crippen LogP contribution in [0.1, 0.15) is 26.3 Å². The summed E-state index contributed by atoms with van der Waals surface area (Å²) < 4.78 is 10.4. The minimum absolute atomic E-state index is 0.0863. The molecule has 0 atom stereocenters. The lowest BCUT2D eigenvalue weighted by Crippen LogP contribution is -2.12. The maximum Gasteiger partial charge on any atom is 0.426 e. The minimum Gasteiger partial charge on any atom is -0.496 e. The van der Waals surface area contributed by atoms with E-state index in [0.29, 0.717) is 11.4 Å². The summed E-state index contributed by atoms with van der Waals surface area (Å²) in [6, 6.07) is 3.51. The Bertz CT molecular complexity index is 428. The van der Waals surface area contributed by atoms with Gasteiger partial charge < -0.3 is 9.47 Å². The monoisotopic (exact) mass is 221 g/mol. The fourth-order valence-electron chi connectivity index (χ4n) is 1.55. The van der Waals surface area contributed by atoms with Crippen molar-refractivity contribution in [2.45, 2.75) is 26.2 Å². The highest BCUT2D eigenvalue weighted by atomic mass is 16.5. The fraction of sp³-hybridized carbons (Fsp3) is 0.500. The number of rotatable bonds is 2. The molecule has 1 rings (SSSR count). The molecule has 0 amide bonds. The Morgan fingerprint density at radius 1 is 1.06 bits per heavy atom. The predicted molar refractivity (Wildman–Crippen MR) is 63.0 cm³/mol. The molecule has 4 nitrogen and oxygen atoms in total. The summed E-state index contributed by atoms with van der Waals surface area (Å²) in [5.74, 6) is 1.23. The van der Waals surface area contributed by atoms with Gasteiger partial charge in [0.05, 0.1) is 14.2 Å². The van der Waals surface area contributed by atoms with Gasteiger partial charge in [-0.25, -0.2) is 0 Å². The lowest BCUT2D eigenvalue weighted by Gasteiger charge is -2.21. The first kappa shape index (κ1) is 12.3. The molecule has 1 aromatic carbocycles. The largest absolute Gasteiger partial charge is 0.496 e. The minimum atomic E-state index is -0.0863. The van der Waals surface area contributed by atoms with Crippen molar-refractivity contribution >= 4 is 5.69 Å². The molecule has 86 valence electrons. The van der Waals surface area contributed by atoms with Crippen LogP contribution in [0.2, 0.25) is 0 Å². The highest BCUT2D eigenvalue weighted by molar-refractivity contribution is 5.63. The number of hydrogen-bond donors (Lipinski definition) is 0. The second kappa shape index (κ2) is 4.40. The Balaban J connectivity index is 3.45. The first-order valence-electron chi connectivity index (χ1n) is 5.05. The normalized spacial score (nSPS) is 10.8. The first-order valence-corrected chi connectivity index (χ1v) is 5.05. The zero-order valence-corrected chi connectivity index (χ0v) is 10.4. The van der Waals surface area contributed by atoms with Crippen molar-refractivity contribution in [3.8, 4) is 11.5 Å². The summed E-state index contributed by atoms with van der Waals surface area (Å²) in [7, 11) is 3.14. The van der Waals surface area contributed by atoms with Gasteiger partial charge in [0.2, 0.25) is 11.1 Å². The van der Waals surface area contributed by atoms with Crippen molar-refractivity contribution in [2.24, 2.45) is 0 Å². The maximum atomic E-state index is 8.91. The fourth-order valence-corrected chi connectivity index (χ4v) is 1.55. The molecule has 0 saturated heterocycles. The average Bonchev–Trinajstić information content (AvgIpc) is 2.25. The third-order valence-corrected chi connectivity index (χ3v) is 2.42. The molecule has 0 aliphatic heterocycles. The van der Waals surface area contributed by atoms with Crippen LogP contribution >= 0.6 is 0 Å². The molecule has 4 heteroatoms. The van der Waals surface area contributed by atoms with E-state index in [1.54, 1.807) is 19.2 Å². The number of hydrogen-bond acceptors (Lipinski definition) is 3. The summed E-state index contributed by atoms with van der Waals surface area (Å²) in [6.45, 7) is 6.20. The van der Waals surface area contributed by atoms with E-state index in [2.05, 4.69) is 25.7 Å². The van der Waals surface area contributed by atoms with Crippen LogP contribution in [0.25, 0.3) is 4.98 Å². The smallest absolute Gasteiger partial charge is 0.426 e. The van der Waals surface area contributed by atoms with Gasteiger partial charge in [-0.1, -0.05) is 20.8 Å². The Kier molecular flexibility index (Phi) is 3.38. The van der Waals surface area contributed by atoms with E-state index < -0.39 is 0 Å². The molecule has 0 heterocycles. The van der Waals surface area contributed by atoms with Crippen LogP contribution in [0.15, 0.2) is 12.1 Å². The van der Waals surface area contributed by atoms with Crippen molar-refractivity contribution in [3.05, 3.63) is 22.7 Å². The number of benzene rings is 1. The first-order chi connectivity index (χ1) is 7.43. The van der Waals surface area contributed by atoms with E-state index in [1.807, 2.05) is 0 Å². The molecule has 1 aromatic rings. The van der Waals surface area contributed by atoms with Crippen LogP contribution < -0.4 is 9.47 Å². The van der Waals surface area contributed by atoms with E-state index in [1.165, 1.54) is 7.11 Å². The molecular formula is C12H17N2O2+. The third-order valence-electron chi connectivity index (χ3n) is 2.42. The van der Waals surface area contributed by atoms with E-state index in [0.717, 1.165) is 11.3 Å². The van der Waals surface area contributed by atoms with Gasteiger partial charge >= 0.3 is 5.69 Å². The van der Waals surface area contributed by atoms with Gasteiger partial charge in [0.15, 0.2) is 4.98 Å². The van der Waals surface area contributed by atoms with Crippen molar-refractivity contribution in [1.29, 1.82) is 5.39 Å². The molecule has 0 aliphatic carbocycles. The van der Waals surface area contributed by atoms with Crippen LogP contribution in [0.4, 0.5) is 5.69 Å². The Morgan fingerprint density at radius 3 is 2.00 bits per heavy atom. The lowest BCUT2D eigenvalue weighted by molar-refractivity contribution is 0.384. The van der Waals surface area contributed by atoms with Crippen LogP contribution in [-0.4, -0.2) is 14.2 Å². The van der Waals surface area contributed by atoms with Crippen molar-refractivity contribution in [2.75, 3.05) is 14.2 Å². The molecule has 0 N–H and O–H groups in total. The van der Waals surface area contributed by atoms with Gasteiger partial charge in [-0.3, -0.25) is 0 Å². The highest BCUT2D eigenvalue weighted by Crippen LogP contribution is 2.40. The molecule has 16 heavy (non-hydrogen) atoms. The van der Waals surface area contributed by atoms with Crippen molar-refractivity contribution in [3.63, 3.8) is 0 Å². The zero-order valence-electron chi connectivity index (χ0n) is 10.4. The number of diazo groups is 1. The van der Waals surface area contributed by atoms with Crippen LogP contribution in [0.5, 0.6) is 11.5 Å². The molecule has 0 aromatic heterocycles. The average molecular weight is 221 g/mol. The van der Waals surface area contributed by atoms with Gasteiger partial charge in [-0.15, -0.1) is 0 Å². The Morgan fingerprint density at radius 2 is 1.62 bits per heavy atom. The predicted octanol–water partition coefficient (Wildman–Crippen LogP) is 3.49. The number of nitrogens with zero attached hydrogens (tertiary/aromatic N) is 2. The molecule has 0 saturated carbocycles. The third kappa shape index (κ3) is 2.25. The van der Waals surface area contributed by atoms with E-state index in [4.69, 9.17) is 14.9 Å². The maximum absolute atomic E-state index is 8.91. The lowest BCUT2D eigenvalue weighted by atomic mass is 9.86. The summed E-state index contributed by atoms with van der Waals surface area (Å²) >= 11 is 0.